The highest BCUT2D eigenvalue weighted by molar-refractivity contribution is 6.43. The van der Waals surface area contributed by atoms with Gasteiger partial charge in [0, 0.05) is 10.6 Å². The monoisotopic (exact) mass is 517 g/mol. The van der Waals surface area contributed by atoms with Gasteiger partial charge in [0.25, 0.3) is 11.8 Å². The van der Waals surface area contributed by atoms with Crippen molar-refractivity contribution in [2.75, 3.05) is 0 Å². The lowest BCUT2D eigenvalue weighted by Gasteiger charge is -2.22. The summed E-state index contributed by atoms with van der Waals surface area (Å²) < 4.78 is 5.62. The molecule has 32 heavy (non-hydrogen) atoms. The van der Waals surface area contributed by atoms with E-state index >= 15 is 0 Å². The third-order valence-corrected chi connectivity index (χ3v) is 5.63. The van der Waals surface area contributed by atoms with Crippen molar-refractivity contribution < 1.29 is 14.3 Å². The number of halogens is 4. The molecule has 0 aromatic heterocycles. The summed E-state index contributed by atoms with van der Waals surface area (Å²) in [4.78, 5) is 25.3. The molecule has 0 bridgehead atoms. The zero-order valence-corrected chi connectivity index (χ0v) is 20.7. The molecule has 0 spiro atoms. The molecular formula is C22H23Cl4N3O3. The molecule has 0 radical (unpaired) electrons. The predicted molar refractivity (Wildman–Crippen MR) is 130 cm³/mol. The van der Waals surface area contributed by atoms with Crippen molar-refractivity contribution in [1.29, 1.82) is 0 Å². The Morgan fingerprint density at radius 2 is 1.75 bits per heavy atom. The van der Waals surface area contributed by atoms with Gasteiger partial charge in [0.05, 0.1) is 21.3 Å². The molecule has 0 saturated heterocycles. The Hall–Kier alpha value is -1.99. The maximum absolute atomic E-state index is 12.7. The average Bonchev–Trinajstić information content (AvgIpc) is 2.72. The Bertz CT molecular complexity index is 998. The number of carbonyl (C=O) groups excluding carboxylic acids is 2. The fourth-order valence-corrected chi connectivity index (χ4v) is 3.48. The summed E-state index contributed by atoms with van der Waals surface area (Å²) in [5.74, 6) is -0.497. The van der Waals surface area contributed by atoms with E-state index in [9.17, 15) is 9.59 Å². The van der Waals surface area contributed by atoms with Crippen LogP contribution in [0.4, 0.5) is 0 Å². The molecule has 0 aliphatic heterocycles. The first-order valence-corrected chi connectivity index (χ1v) is 11.3. The molecule has 2 atom stereocenters. The molecule has 0 aliphatic rings. The highest BCUT2D eigenvalue weighted by atomic mass is 35.5. The van der Waals surface area contributed by atoms with E-state index < -0.39 is 24.0 Å². The van der Waals surface area contributed by atoms with E-state index in [0.717, 1.165) is 0 Å². The van der Waals surface area contributed by atoms with Gasteiger partial charge in [0.15, 0.2) is 6.10 Å². The van der Waals surface area contributed by atoms with Crippen molar-refractivity contribution in [2.24, 2.45) is 11.0 Å². The van der Waals surface area contributed by atoms with E-state index in [-0.39, 0.29) is 10.9 Å². The summed E-state index contributed by atoms with van der Waals surface area (Å²) in [7, 11) is 0. The third kappa shape index (κ3) is 7.85. The lowest BCUT2D eigenvalue weighted by Crippen LogP contribution is -2.49. The molecule has 0 heterocycles. The van der Waals surface area contributed by atoms with Crippen LogP contribution in [0.15, 0.2) is 41.5 Å². The Morgan fingerprint density at radius 3 is 2.41 bits per heavy atom. The van der Waals surface area contributed by atoms with Crippen LogP contribution in [0.3, 0.4) is 0 Å². The van der Waals surface area contributed by atoms with Gasteiger partial charge >= 0.3 is 0 Å². The second-order valence-corrected chi connectivity index (χ2v) is 9.03. The van der Waals surface area contributed by atoms with Crippen LogP contribution >= 0.6 is 46.4 Å². The predicted octanol–water partition coefficient (Wildman–Crippen LogP) is 5.75. The second-order valence-electron chi connectivity index (χ2n) is 7.40. The Kier molecular flexibility index (Phi) is 10.1. The van der Waals surface area contributed by atoms with Gasteiger partial charge in [-0.3, -0.25) is 9.59 Å². The number of nitrogens with zero attached hydrogens (tertiary/aromatic N) is 1. The molecule has 0 fully saturated rings. The van der Waals surface area contributed by atoms with E-state index in [0.29, 0.717) is 32.8 Å². The number of hydrogen-bond acceptors (Lipinski definition) is 4. The summed E-state index contributed by atoms with van der Waals surface area (Å²) >= 11 is 24.0. The molecule has 0 saturated carbocycles. The van der Waals surface area contributed by atoms with Crippen molar-refractivity contribution in [1.82, 2.24) is 10.7 Å². The smallest absolute Gasteiger partial charge is 0.262 e. The Balaban J connectivity index is 2.03. The molecule has 2 N–H and O–H groups in total. The quantitative estimate of drug-likeness (QED) is 0.327. The molecule has 2 amide bonds. The first kappa shape index (κ1) is 26.3. The Labute approximate surface area is 207 Å². The number of amides is 2. The van der Waals surface area contributed by atoms with Crippen LogP contribution in [0.1, 0.15) is 32.8 Å². The maximum atomic E-state index is 12.7. The van der Waals surface area contributed by atoms with Gasteiger partial charge in [-0.25, -0.2) is 5.43 Å². The number of carbonyl (C=O) groups is 2. The third-order valence-electron chi connectivity index (χ3n) is 4.27. The highest BCUT2D eigenvalue weighted by Crippen LogP contribution is 2.28. The average molecular weight is 519 g/mol. The molecule has 2 aromatic carbocycles. The number of nitrogens with one attached hydrogen (secondary N) is 2. The van der Waals surface area contributed by atoms with Crippen molar-refractivity contribution >= 4 is 64.4 Å². The molecule has 172 valence electrons. The first-order chi connectivity index (χ1) is 15.1. The number of hydrogen-bond donors (Lipinski definition) is 2. The molecule has 0 aliphatic carbocycles. The summed E-state index contributed by atoms with van der Waals surface area (Å²) in [6.45, 7) is 5.44. The highest BCUT2D eigenvalue weighted by Gasteiger charge is 2.25. The molecule has 10 heteroatoms. The van der Waals surface area contributed by atoms with Crippen molar-refractivity contribution in [2.45, 2.75) is 39.3 Å². The van der Waals surface area contributed by atoms with Crippen LogP contribution in [0.5, 0.6) is 5.75 Å². The van der Waals surface area contributed by atoms with Crippen molar-refractivity contribution in [3.05, 3.63) is 62.1 Å². The molecule has 6 nitrogen and oxygen atoms in total. The minimum atomic E-state index is -0.898. The lowest BCUT2D eigenvalue weighted by atomic mass is 10.0. The van der Waals surface area contributed by atoms with Crippen molar-refractivity contribution in [3.8, 4) is 5.75 Å². The second kappa shape index (κ2) is 12.3. The van der Waals surface area contributed by atoms with Crippen LogP contribution in [0, 0.1) is 5.92 Å². The van der Waals surface area contributed by atoms with E-state index in [1.54, 1.807) is 37.3 Å². The zero-order valence-electron chi connectivity index (χ0n) is 17.7. The van der Waals surface area contributed by atoms with Crippen LogP contribution in [-0.2, 0) is 9.59 Å². The summed E-state index contributed by atoms with van der Waals surface area (Å²) in [6, 6.07) is 8.94. The van der Waals surface area contributed by atoms with Gasteiger partial charge in [0.1, 0.15) is 11.8 Å². The van der Waals surface area contributed by atoms with E-state index in [4.69, 9.17) is 51.1 Å². The van der Waals surface area contributed by atoms with Gasteiger partial charge in [0.2, 0.25) is 0 Å². The largest absolute Gasteiger partial charge is 0.479 e. The first-order valence-electron chi connectivity index (χ1n) is 9.77. The minimum Gasteiger partial charge on any atom is -0.479 e. The lowest BCUT2D eigenvalue weighted by molar-refractivity contribution is -0.132. The minimum absolute atomic E-state index is 0.138. The van der Waals surface area contributed by atoms with Crippen LogP contribution in [0.25, 0.3) is 0 Å². The number of ether oxygens (including phenoxy) is 1. The van der Waals surface area contributed by atoms with Crippen LogP contribution in [-0.4, -0.2) is 30.2 Å². The van der Waals surface area contributed by atoms with Gasteiger partial charge in [-0.1, -0.05) is 72.4 Å². The van der Waals surface area contributed by atoms with Crippen LogP contribution in [0.2, 0.25) is 20.1 Å². The molecule has 2 rings (SSSR count). The van der Waals surface area contributed by atoms with Gasteiger partial charge in [-0.15, -0.1) is 0 Å². The van der Waals surface area contributed by atoms with Gasteiger partial charge in [-0.05, 0) is 43.5 Å². The van der Waals surface area contributed by atoms with Gasteiger partial charge < -0.3 is 10.1 Å². The molecule has 0 unspecified atom stereocenters. The number of rotatable bonds is 9. The fourth-order valence-electron chi connectivity index (χ4n) is 2.67. The molecular weight excluding hydrogens is 496 g/mol. The number of benzene rings is 2. The molecule has 2 aromatic rings. The SMILES string of the molecule is CC(C)C[C@@H](NC(=O)[C@H](C)Oc1ccc(Cl)cc1Cl)C(=O)N/N=C\c1cccc(Cl)c1Cl. The topological polar surface area (TPSA) is 79.8 Å². The van der Waals surface area contributed by atoms with Crippen molar-refractivity contribution in [3.63, 3.8) is 0 Å². The summed E-state index contributed by atoms with van der Waals surface area (Å²) in [6.07, 6.45) is 0.888. The summed E-state index contributed by atoms with van der Waals surface area (Å²) in [5.41, 5.74) is 2.98. The van der Waals surface area contributed by atoms with E-state index in [1.165, 1.54) is 12.3 Å². The normalized spacial score (nSPS) is 13.1. The summed E-state index contributed by atoms with van der Waals surface area (Å²) in [5, 5.41) is 8.07. The standard InChI is InChI=1S/C22H23Cl4N3O3/c1-12(2)9-18(22(31)29-27-11-14-5-4-6-16(24)20(14)26)28-21(30)13(3)32-19-8-7-15(23)10-17(19)25/h4-8,10-13,18H,9H2,1-3H3,(H,28,30)(H,29,31)/b27-11-/t13-,18+/m0/s1. The van der Waals surface area contributed by atoms with E-state index in [1.807, 2.05) is 13.8 Å². The zero-order chi connectivity index (χ0) is 23.8. The maximum Gasteiger partial charge on any atom is 0.262 e. The van der Waals surface area contributed by atoms with E-state index in [2.05, 4.69) is 15.8 Å². The van der Waals surface area contributed by atoms with Crippen LogP contribution < -0.4 is 15.5 Å². The Morgan fingerprint density at radius 1 is 1.03 bits per heavy atom. The van der Waals surface area contributed by atoms with Gasteiger partial charge in [-0.2, -0.15) is 5.10 Å². The number of hydrazone groups is 1. The fraction of sp³-hybridized carbons (Fsp3) is 0.318.